The molecule has 0 aromatic carbocycles. The van der Waals surface area contributed by atoms with Crippen molar-refractivity contribution in [1.29, 1.82) is 0 Å². The lowest BCUT2D eigenvalue weighted by Crippen LogP contribution is -2.24. The van der Waals surface area contributed by atoms with Gasteiger partial charge >= 0.3 is 0 Å². The molecule has 1 atom stereocenters. The van der Waals surface area contributed by atoms with Gasteiger partial charge in [0.1, 0.15) is 6.10 Å². The molecular formula is C8H16N2O3. The Morgan fingerprint density at radius 3 is 2.85 bits per heavy atom. The molecule has 0 bridgehead atoms. The third-order valence-corrected chi connectivity index (χ3v) is 1.66. The van der Waals surface area contributed by atoms with Gasteiger partial charge in [0.25, 0.3) is 0 Å². The zero-order valence-corrected chi connectivity index (χ0v) is 8.32. The second-order valence-electron chi connectivity index (χ2n) is 3.29. The van der Waals surface area contributed by atoms with Crippen LogP contribution in [0.2, 0.25) is 0 Å². The standard InChI is InChI=1S/C8H16N2O3/c1-8(2)12-5-7(13-8)4-11-6-10-9-3/h7H,4-6H2,1-3H3/t7-/m1/s1. The average Bonchev–Trinajstić information content (AvgIpc) is 2.40. The lowest BCUT2D eigenvalue weighted by Gasteiger charge is -2.16. The van der Waals surface area contributed by atoms with Crippen molar-refractivity contribution in [2.24, 2.45) is 10.2 Å². The molecule has 1 fully saturated rings. The molecule has 1 heterocycles. The van der Waals surface area contributed by atoms with Gasteiger partial charge in [-0.25, -0.2) is 0 Å². The van der Waals surface area contributed by atoms with Crippen LogP contribution in [0.5, 0.6) is 0 Å². The predicted molar refractivity (Wildman–Crippen MR) is 46.5 cm³/mol. The third-order valence-electron chi connectivity index (χ3n) is 1.66. The molecule has 0 amide bonds. The van der Waals surface area contributed by atoms with Crippen LogP contribution in [-0.4, -0.2) is 38.9 Å². The van der Waals surface area contributed by atoms with E-state index in [1.807, 2.05) is 13.8 Å². The highest BCUT2D eigenvalue weighted by molar-refractivity contribution is 4.69. The van der Waals surface area contributed by atoms with E-state index in [9.17, 15) is 0 Å². The van der Waals surface area contributed by atoms with Crippen LogP contribution in [0, 0.1) is 0 Å². The van der Waals surface area contributed by atoms with E-state index < -0.39 is 5.79 Å². The molecule has 1 rings (SSSR count). The van der Waals surface area contributed by atoms with E-state index >= 15 is 0 Å². The number of ether oxygens (including phenoxy) is 3. The average molecular weight is 188 g/mol. The van der Waals surface area contributed by atoms with Crippen LogP contribution < -0.4 is 0 Å². The minimum absolute atomic E-state index is 0.0158. The van der Waals surface area contributed by atoms with Crippen molar-refractivity contribution >= 4 is 0 Å². The van der Waals surface area contributed by atoms with E-state index in [0.29, 0.717) is 13.2 Å². The quantitative estimate of drug-likeness (QED) is 0.492. The Balaban J connectivity index is 2.10. The molecule has 0 unspecified atom stereocenters. The molecular weight excluding hydrogens is 172 g/mol. The Kier molecular flexibility index (Phi) is 3.77. The van der Waals surface area contributed by atoms with Gasteiger partial charge in [0, 0.05) is 7.05 Å². The number of azo groups is 1. The van der Waals surface area contributed by atoms with E-state index in [-0.39, 0.29) is 12.8 Å². The fraction of sp³-hybridized carbons (Fsp3) is 1.00. The Morgan fingerprint density at radius 1 is 1.54 bits per heavy atom. The molecule has 0 saturated carbocycles. The summed E-state index contributed by atoms with van der Waals surface area (Å²) >= 11 is 0. The smallest absolute Gasteiger partial charge is 0.163 e. The molecule has 0 radical (unpaired) electrons. The summed E-state index contributed by atoms with van der Waals surface area (Å²) in [7, 11) is 1.61. The van der Waals surface area contributed by atoms with Gasteiger partial charge in [-0.15, -0.1) is 0 Å². The van der Waals surface area contributed by atoms with Crippen molar-refractivity contribution < 1.29 is 14.2 Å². The summed E-state index contributed by atoms with van der Waals surface area (Å²) in [5, 5.41) is 7.23. The monoisotopic (exact) mass is 188 g/mol. The Hall–Kier alpha value is -0.520. The zero-order chi connectivity index (χ0) is 9.73. The van der Waals surface area contributed by atoms with Gasteiger partial charge in [-0.3, -0.25) is 0 Å². The molecule has 1 aliphatic heterocycles. The summed E-state index contributed by atoms with van der Waals surface area (Å²) in [5.74, 6) is -0.472. The molecule has 0 aromatic rings. The van der Waals surface area contributed by atoms with E-state index in [1.54, 1.807) is 7.05 Å². The number of nitrogens with zero attached hydrogens (tertiary/aromatic N) is 2. The molecule has 0 N–H and O–H groups in total. The van der Waals surface area contributed by atoms with Crippen LogP contribution in [0.4, 0.5) is 0 Å². The first kappa shape index (κ1) is 10.6. The summed E-state index contributed by atoms with van der Waals surface area (Å²) in [5.41, 5.74) is 0. The first-order chi connectivity index (χ1) is 6.14. The largest absolute Gasteiger partial charge is 0.355 e. The van der Waals surface area contributed by atoms with E-state index in [0.717, 1.165) is 0 Å². The lowest BCUT2D eigenvalue weighted by molar-refractivity contribution is -0.144. The highest BCUT2D eigenvalue weighted by Crippen LogP contribution is 2.22. The highest BCUT2D eigenvalue weighted by Gasteiger charge is 2.32. The van der Waals surface area contributed by atoms with Gasteiger partial charge in [-0.05, 0) is 13.8 Å². The molecule has 1 saturated heterocycles. The second kappa shape index (κ2) is 4.64. The Morgan fingerprint density at radius 2 is 2.31 bits per heavy atom. The highest BCUT2D eigenvalue weighted by atomic mass is 16.7. The first-order valence-electron chi connectivity index (χ1n) is 4.29. The summed E-state index contributed by atoms with van der Waals surface area (Å²) in [4.78, 5) is 0. The van der Waals surface area contributed by atoms with Gasteiger partial charge in [0.05, 0.1) is 13.2 Å². The van der Waals surface area contributed by atoms with E-state index in [2.05, 4.69) is 10.2 Å². The Labute approximate surface area is 78.1 Å². The normalized spacial score (nSPS) is 27.2. The molecule has 5 nitrogen and oxygen atoms in total. The minimum atomic E-state index is -0.472. The summed E-state index contributed by atoms with van der Waals surface area (Å²) in [6.45, 7) is 5.15. The third kappa shape index (κ3) is 3.80. The first-order valence-corrected chi connectivity index (χ1v) is 4.29. The van der Waals surface area contributed by atoms with Crippen LogP contribution in [0.1, 0.15) is 13.8 Å². The zero-order valence-electron chi connectivity index (χ0n) is 8.32. The van der Waals surface area contributed by atoms with Gasteiger partial charge in [0.2, 0.25) is 0 Å². The summed E-state index contributed by atoms with van der Waals surface area (Å²) < 4.78 is 16.0. The van der Waals surface area contributed by atoms with Gasteiger partial charge in [-0.1, -0.05) is 0 Å². The SMILES string of the molecule is CN=NCOC[C@@H]1COC(C)(C)O1. The molecule has 13 heavy (non-hydrogen) atoms. The molecule has 5 heteroatoms. The van der Waals surface area contributed by atoms with Crippen molar-refractivity contribution in [3.05, 3.63) is 0 Å². The molecule has 0 aliphatic carbocycles. The van der Waals surface area contributed by atoms with Crippen molar-refractivity contribution in [3.63, 3.8) is 0 Å². The molecule has 0 spiro atoms. The number of hydrogen-bond donors (Lipinski definition) is 0. The fourth-order valence-electron chi connectivity index (χ4n) is 1.13. The predicted octanol–water partition coefficient (Wildman–Crippen LogP) is 1.19. The fourth-order valence-corrected chi connectivity index (χ4v) is 1.13. The maximum atomic E-state index is 5.51. The lowest BCUT2D eigenvalue weighted by atomic mass is 10.4. The summed E-state index contributed by atoms with van der Waals surface area (Å²) in [6.07, 6.45) is 0.0158. The topological polar surface area (TPSA) is 52.4 Å². The van der Waals surface area contributed by atoms with Crippen molar-refractivity contribution in [1.82, 2.24) is 0 Å². The van der Waals surface area contributed by atoms with E-state index in [4.69, 9.17) is 14.2 Å². The van der Waals surface area contributed by atoms with Crippen LogP contribution in [-0.2, 0) is 14.2 Å². The number of hydrogen-bond acceptors (Lipinski definition) is 5. The van der Waals surface area contributed by atoms with Crippen LogP contribution in [0.15, 0.2) is 10.2 Å². The summed E-state index contributed by atoms with van der Waals surface area (Å²) in [6, 6.07) is 0. The van der Waals surface area contributed by atoms with Gasteiger partial charge in [-0.2, -0.15) is 10.2 Å². The molecule has 1 aliphatic rings. The van der Waals surface area contributed by atoms with Gasteiger partial charge < -0.3 is 14.2 Å². The van der Waals surface area contributed by atoms with Gasteiger partial charge in [0.15, 0.2) is 12.5 Å². The van der Waals surface area contributed by atoms with Crippen LogP contribution in [0.25, 0.3) is 0 Å². The maximum Gasteiger partial charge on any atom is 0.163 e. The van der Waals surface area contributed by atoms with Crippen LogP contribution in [0.3, 0.4) is 0 Å². The van der Waals surface area contributed by atoms with E-state index in [1.165, 1.54) is 0 Å². The molecule has 76 valence electrons. The minimum Gasteiger partial charge on any atom is -0.355 e. The van der Waals surface area contributed by atoms with Crippen molar-refractivity contribution in [3.8, 4) is 0 Å². The number of rotatable bonds is 4. The van der Waals surface area contributed by atoms with Crippen LogP contribution >= 0.6 is 0 Å². The molecule has 0 aromatic heterocycles. The Bertz CT molecular complexity index is 182. The van der Waals surface area contributed by atoms with Crippen molar-refractivity contribution in [2.75, 3.05) is 27.0 Å². The second-order valence-corrected chi connectivity index (χ2v) is 3.29. The van der Waals surface area contributed by atoms with Crippen molar-refractivity contribution in [2.45, 2.75) is 25.7 Å². The maximum absolute atomic E-state index is 5.51.